The van der Waals surface area contributed by atoms with Crippen molar-refractivity contribution in [2.45, 2.75) is 254 Å². The van der Waals surface area contributed by atoms with Crippen LogP contribution in [0.15, 0.2) is 85.2 Å². The molecule has 5 saturated heterocycles. The summed E-state index contributed by atoms with van der Waals surface area (Å²) in [5.41, 5.74) is 2.30. The highest BCUT2D eigenvalue weighted by molar-refractivity contribution is 6.03. The molecule has 5 aliphatic heterocycles. The summed E-state index contributed by atoms with van der Waals surface area (Å²) < 4.78 is 10.9. The Morgan fingerprint density at radius 2 is 1.15 bits per heavy atom. The Labute approximate surface area is 747 Å². The number of aliphatic hydroxyl groups excluding tert-OH is 1. The molecule has 16 atom stereocenters. The number of carbonyl (C=O) groups excluding carboxylic acids is 18. The number of carboxylic acids is 1. The van der Waals surface area contributed by atoms with E-state index in [-0.39, 0.29) is 96.1 Å². The molecule has 2 bridgehead atoms. The summed E-state index contributed by atoms with van der Waals surface area (Å²) in [6.07, 6.45) is -2.93. The number of aromatic amines is 2. The van der Waals surface area contributed by atoms with Gasteiger partial charge < -0.3 is 119 Å². The van der Waals surface area contributed by atoms with Gasteiger partial charge in [0, 0.05) is 99.4 Å². The number of hydrogen-bond donors (Lipinski definition) is 18. The van der Waals surface area contributed by atoms with Crippen molar-refractivity contribution in [3.05, 3.63) is 102 Å². The van der Waals surface area contributed by atoms with Crippen LogP contribution in [0.25, 0.3) is 21.8 Å². The second kappa shape index (κ2) is 45.9. The van der Waals surface area contributed by atoms with Crippen LogP contribution in [0.4, 0.5) is 0 Å². The Bertz CT molecular complexity index is 5040. The predicted octanol–water partition coefficient (Wildman–Crippen LogP) is -2.28. The van der Waals surface area contributed by atoms with Gasteiger partial charge in [0.05, 0.1) is 20.1 Å². The molecular weight excluding hydrogens is 1690 g/mol. The van der Waals surface area contributed by atoms with Crippen LogP contribution in [0.5, 0.6) is 5.75 Å². The molecule has 42 nitrogen and oxygen atoms in total. The Morgan fingerprint density at radius 3 is 1.79 bits per heavy atom. The van der Waals surface area contributed by atoms with Crippen molar-refractivity contribution in [1.29, 1.82) is 0 Å². The summed E-state index contributed by atoms with van der Waals surface area (Å²) >= 11 is 0. The van der Waals surface area contributed by atoms with E-state index in [4.69, 9.17) is 9.47 Å². The summed E-state index contributed by atoms with van der Waals surface area (Å²) in [6, 6.07) is -5.82. The van der Waals surface area contributed by atoms with E-state index in [0.29, 0.717) is 51.3 Å². The number of nitrogens with zero attached hydrogens (tertiary/aromatic N) is 3. The zero-order chi connectivity index (χ0) is 94.3. The minimum atomic E-state index is -2.29. The largest absolute Gasteiger partial charge is 0.508 e. The second-order valence-corrected chi connectivity index (χ2v) is 33.8. The first-order valence-corrected chi connectivity index (χ1v) is 43.8. The zero-order valence-electron chi connectivity index (χ0n) is 73.4. The minimum Gasteiger partial charge on any atom is -0.508 e. The SMILES string of the molecule is COC(=O)CCC1NC(=O)C(Cc2c[nH]c3ccccc23)NC(=O)C2CC(=O)OC(C)C(NC(=O)C(C)NC(=O)C3CCCN3C(=O)C3CCCN3C(=O)C(C)NC(C)=O)C(=O)NC(CC(C)C)C(=O)NC(CCCCNC(=O)CCC(C(=O)NC(Cc3ccc(O)cc3)C(=O)O)NC1=O)C(=O)NC(Cc1c[nH]c3ccccc13)C(=O)N1CCCC1C(=O)NC(CO)C(=O)N2. The quantitative estimate of drug-likeness (QED) is 0.0325. The number of aliphatic carboxylic acids is 1. The average molecular weight is 1810 g/mol. The first kappa shape index (κ1) is 98.6. The van der Waals surface area contributed by atoms with Crippen molar-refractivity contribution in [2.75, 3.05) is 39.9 Å². The number of methoxy groups -OCH3 is 1. The molecule has 16 amide bonds. The van der Waals surface area contributed by atoms with Crippen LogP contribution in [0.1, 0.15) is 155 Å². The maximum Gasteiger partial charge on any atom is 0.326 e. The number of aromatic nitrogens is 2. The van der Waals surface area contributed by atoms with Gasteiger partial charge in [0.1, 0.15) is 102 Å². The van der Waals surface area contributed by atoms with Gasteiger partial charge in [-0.05, 0) is 145 Å². The van der Waals surface area contributed by atoms with E-state index in [1.54, 1.807) is 68.6 Å². The number of fused-ring (bicyclic) bond motifs is 14. The van der Waals surface area contributed by atoms with Crippen LogP contribution in [0.3, 0.4) is 0 Å². The third kappa shape index (κ3) is 26.3. The summed E-state index contributed by atoms with van der Waals surface area (Å²) in [4.78, 5) is 287. The number of amides is 16. The smallest absolute Gasteiger partial charge is 0.326 e. The number of benzene rings is 3. The molecule has 0 spiro atoms. The van der Waals surface area contributed by atoms with Crippen LogP contribution < -0.4 is 69.1 Å². The van der Waals surface area contributed by atoms with Gasteiger partial charge in [0.15, 0.2) is 0 Å². The highest BCUT2D eigenvalue weighted by atomic mass is 16.5. The summed E-state index contributed by atoms with van der Waals surface area (Å²) in [6.45, 7) is 7.17. The number of aliphatic hydroxyl groups is 1. The first-order valence-electron chi connectivity index (χ1n) is 43.8. The van der Waals surface area contributed by atoms with E-state index in [2.05, 4.69) is 79.1 Å². The van der Waals surface area contributed by atoms with Gasteiger partial charge >= 0.3 is 17.9 Å². The Hall–Kier alpha value is -13.6. The fourth-order valence-corrected chi connectivity index (χ4v) is 16.7. The maximum absolute atomic E-state index is 15.7. The van der Waals surface area contributed by atoms with Crippen molar-refractivity contribution in [3.8, 4) is 5.75 Å². The molecule has 0 radical (unpaired) electrons. The molecule has 18 N–H and O–H groups in total. The van der Waals surface area contributed by atoms with E-state index in [0.717, 1.165) is 14.0 Å². The van der Waals surface area contributed by atoms with E-state index < -0.39 is 260 Å². The lowest BCUT2D eigenvalue weighted by atomic mass is 10.00. The number of para-hydroxylation sites is 2. The van der Waals surface area contributed by atoms with Crippen molar-refractivity contribution >= 4 is 134 Å². The van der Waals surface area contributed by atoms with Crippen LogP contribution in [0.2, 0.25) is 0 Å². The number of aromatic hydroxyl groups is 1. The number of likely N-dealkylation sites (tertiary alicyclic amines) is 2. The number of hydrogen-bond acceptors (Lipinski definition) is 23. The number of H-pyrrole nitrogens is 2. The number of phenols is 1. The molecule has 10 rings (SSSR count). The second-order valence-electron chi connectivity index (χ2n) is 33.8. The van der Waals surface area contributed by atoms with Crippen molar-refractivity contribution in [1.82, 2.24) is 93.8 Å². The van der Waals surface area contributed by atoms with E-state index in [9.17, 15) is 63.3 Å². The number of phenolic OH excluding ortho intramolecular Hbond substituents is 1. The third-order valence-corrected chi connectivity index (χ3v) is 23.7. The number of ether oxygens (including phenoxy) is 2. The van der Waals surface area contributed by atoms with Crippen LogP contribution in [0, 0.1) is 5.92 Å². The van der Waals surface area contributed by atoms with Gasteiger partial charge in [-0.3, -0.25) is 86.3 Å². The summed E-state index contributed by atoms with van der Waals surface area (Å²) in [5.74, 6) is -20.3. The third-order valence-electron chi connectivity index (χ3n) is 23.7. The summed E-state index contributed by atoms with van der Waals surface area (Å²) in [7, 11) is 1.03. The first-order chi connectivity index (χ1) is 62.0. The van der Waals surface area contributed by atoms with Gasteiger partial charge in [-0.2, -0.15) is 0 Å². The normalized spacial score (nSPS) is 25.0. The number of nitrogens with one attached hydrogen (secondary N) is 15. The zero-order valence-corrected chi connectivity index (χ0v) is 73.4. The standard InChI is InChI=1S/C88H116N18O24/c1-45(2)37-61-78(117)94-58-21-12-13-33-89-70(110)31-29-59(77(116)101-65(88(127)128)38-50-25-27-53(109)28-26-50)95-76(115)60(30-32-71(111)129-7)96-79(118)62(39-51-42-90-56-19-10-8-17-54(51)56)97-80(119)63(98-81(120)66(44-107)102-83(122)68-23-14-34-104(68)86(125)64(100-75(58)114)40-52-43-91-57-20-11-9-18-55(52)57)41-72(112)130-48(5)73(84(123)99-61)103-74(113)46(3)93-82(121)67-22-15-35-105(67)87(126)69-24-16-36-106(69)85(124)47(4)92-49(6)108/h8-11,17-20,25-28,42-43,45-48,58-69,73,90-91,107,109H,12-16,21-24,29-41,44H2,1-7H3,(H,89,110)(H,92,108)(H,93,121)(H,94,117)(H,95,115)(H,96,118)(H,97,119)(H,98,120)(H,99,123)(H,100,114)(H,101,116)(H,102,122)(H,103,113)(H,127,128). The van der Waals surface area contributed by atoms with Crippen molar-refractivity contribution in [2.24, 2.45) is 5.92 Å². The van der Waals surface area contributed by atoms with Crippen LogP contribution in [-0.4, -0.2) is 289 Å². The molecule has 2 aromatic heterocycles. The lowest BCUT2D eigenvalue weighted by Crippen LogP contribution is -2.62. The number of esters is 2. The van der Waals surface area contributed by atoms with Gasteiger partial charge in [-0.15, -0.1) is 0 Å². The number of carboxylic acid groups (broad SMARTS) is 1. The molecule has 5 aromatic rings. The van der Waals surface area contributed by atoms with E-state index in [1.807, 2.05) is 0 Å². The predicted molar refractivity (Wildman–Crippen MR) is 462 cm³/mol. The van der Waals surface area contributed by atoms with Gasteiger partial charge in [-0.25, -0.2) is 4.79 Å². The maximum atomic E-state index is 15.7. The minimum absolute atomic E-state index is 0.0196. The molecule has 702 valence electrons. The van der Waals surface area contributed by atoms with Crippen LogP contribution >= 0.6 is 0 Å². The molecule has 0 aliphatic carbocycles. The van der Waals surface area contributed by atoms with Gasteiger partial charge in [0.2, 0.25) is 94.5 Å². The average Bonchev–Trinajstić information content (AvgIpc) is 1.64. The summed E-state index contributed by atoms with van der Waals surface area (Å²) in [5, 5.41) is 66.0. The van der Waals surface area contributed by atoms with E-state index in [1.165, 1.54) is 65.9 Å². The Balaban J connectivity index is 1.06. The fraction of sp³-hybridized carbons (Fsp3) is 0.534. The molecule has 16 unspecified atom stereocenters. The molecule has 5 fully saturated rings. The Kier molecular flexibility index (Phi) is 34.8. The molecule has 0 saturated carbocycles. The Morgan fingerprint density at radius 1 is 0.569 bits per heavy atom. The lowest BCUT2D eigenvalue weighted by molar-refractivity contribution is -0.154. The topological polar surface area (TPSA) is 601 Å². The fourth-order valence-electron chi connectivity index (χ4n) is 16.7. The molecule has 130 heavy (non-hydrogen) atoms. The lowest BCUT2D eigenvalue weighted by Gasteiger charge is -2.32. The molecular formula is C88H116N18O24. The van der Waals surface area contributed by atoms with Gasteiger partial charge in [-0.1, -0.05) is 62.4 Å². The molecule has 42 heteroatoms. The van der Waals surface area contributed by atoms with E-state index >= 15 is 43.2 Å². The number of carbonyl (C=O) groups is 19. The molecule has 3 aromatic carbocycles. The number of rotatable bonds is 22. The monoisotopic (exact) mass is 1810 g/mol. The van der Waals surface area contributed by atoms with Crippen LogP contribution in [-0.2, 0) is 120 Å². The van der Waals surface area contributed by atoms with Crippen molar-refractivity contribution in [3.63, 3.8) is 0 Å². The molecule has 7 heterocycles. The highest BCUT2D eigenvalue weighted by Gasteiger charge is 2.47. The van der Waals surface area contributed by atoms with Gasteiger partial charge in [0.25, 0.3) is 0 Å². The van der Waals surface area contributed by atoms with Crippen molar-refractivity contribution < 1.29 is 116 Å². The highest BCUT2D eigenvalue weighted by Crippen LogP contribution is 2.29. The molecule has 5 aliphatic rings.